The largest absolute Gasteiger partial charge is 0.493 e. The quantitative estimate of drug-likeness (QED) is 0.679. The van der Waals surface area contributed by atoms with Gasteiger partial charge in [0.2, 0.25) is 0 Å². The van der Waals surface area contributed by atoms with Crippen LogP contribution in [0.5, 0.6) is 11.5 Å². The van der Waals surface area contributed by atoms with E-state index in [1.165, 1.54) is 12.7 Å². The number of benzene rings is 2. The Kier molecular flexibility index (Phi) is 10.0. The maximum absolute atomic E-state index is 13.0. The molecule has 2 aromatic rings. The van der Waals surface area contributed by atoms with E-state index in [1.807, 2.05) is 37.3 Å². The first-order valence-corrected chi connectivity index (χ1v) is 9.02. The third kappa shape index (κ3) is 6.31. The van der Waals surface area contributed by atoms with Crippen LogP contribution in [0.2, 0.25) is 5.02 Å². The van der Waals surface area contributed by atoms with Gasteiger partial charge in [0.1, 0.15) is 0 Å². The molecule has 0 atom stereocenters. The Morgan fingerprint density at radius 2 is 1.89 bits per heavy atom. The second kappa shape index (κ2) is 11.7. The molecule has 0 aliphatic carbocycles. The molecule has 0 unspecified atom stereocenters. The van der Waals surface area contributed by atoms with Gasteiger partial charge < -0.3 is 20.1 Å². The van der Waals surface area contributed by atoms with E-state index < -0.39 is 0 Å². The highest BCUT2D eigenvalue weighted by atomic mass is 35.5. The minimum Gasteiger partial charge on any atom is -0.493 e. The van der Waals surface area contributed by atoms with Gasteiger partial charge in [0, 0.05) is 25.2 Å². The predicted octanol–water partition coefficient (Wildman–Crippen LogP) is 3.81. The molecule has 2 N–H and O–H groups in total. The number of rotatable bonds is 9. The number of halogens is 2. The third-order valence-electron chi connectivity index (χ3n) is 3.96. The lowest BCUT2D eigenvalue weighted by atomic mass is 10.1. The van der Waals surface area contributed by atoms with Crippen LogP contribution in [0.3, 0.4) is 0 Å². The molecule has 2 aromatic carbocycles. The first-order chi connectivity index (χ1) is 12.6. The van der Waals surface area contributed by atoms with Crippen LogP contribution in [0.1, 0.15) is 22.8 Å². The number of ether oxygens (including phenoxy) is 2. The summed E-state index contributed by atoms with van der Waals surface area (Å²) in [4.78, 5) is 14.7. The lowest BCUT2D eigenvalue weighted by Gasteiger charge is -2.23. The van der Waals surface area contributed by atoms with Crippen molar-refractivity contribution in [3.8, 4) is 11.5 Å². The molecule has 0 aromatic heterocycles. The van der Waals surface area contributed by atoms with Crippen molar-refractivity contribution in [1.82, 2.24) is 4.90 Å². The number of amides is 1. The van der Waals surface area contributed by atoms with Crippen LogP contribution >= 0.6 is 24.0 Å². The van der Waals surface area contributed by atoms with Crippen molar-refractivity contribution in [1.29, 1.82) is 0 Å². The lowest BCUT2D eigenvalue weighted by Crippen LogP contribution is -2.37. The Morgan fingerprint density at radius 1 is 1.19 bits per heavy atom. The zero-order valence-electron chi connectivity index (χ0n) is 15.6. The van der Waals surface area contributed by atoms with Gasteiger partial charge in [0.25, 0.3) is 5.91 Å². The highest BCUT2D eigenvalue weighted by molar-refractivity contribution is 6.32. The van der Waals surface area contributed by atoms with E-state index in [2.05, 4.69) is 0 Å². The molecule has 7 heteroatoms. The van der Waals surface area contributed by atoms with Crippen LogP contribution in [0.4, 0.5) is 0 Å². The number of nitrogens with zero attached hydrogens (tertiary/aromatic N) is 1. The highest BCUT2D eigenvalue weighted by Crippen LogP contribution is 2.36. The Bertz CT molecular complexity index is 727. The molecule has 27 heavy (non-hydrogen) atoms. The first-order valence-electron chi connectivity index (χ1n) is 8.64. The summed E-state index contributed by atoms with van der Waals surface area (Å²) in [7, 11) is 1.52. The van der Waals surface area contributed by atoms with Crippen LogP contribution in [-0.2, 0) is 6.42 Å². The molecule has 0 radical (unpaired) electrons. The summed E-state index contributed by atoms with van der Waals surface area (Å²) in [5.41, 5.74) is 7.33. The lowest BCUT2D eigenvalue weighted by molar-refractivity contribution is 0.0761. The average molecular weight is 413 g/mol. The molecule has 1 amide bonds. The summed E-state index contributed by atoms with van der Waals surface area (Å²) in [5.74, 6) is 0.760. The van der Waals surface area contributed by atoms with Gasteiger partial charge in [0.05, 0.1) is 18.7 Å². The first kappa shape index (κ1) is 23.1. The zero-order valence-corrected chi connectivity index (χ0v) is 17.2. The van der Waals surface area contributed by atoms with Gasteiger partial charge >= 0.3 is 0 Å². The number of carbonyl (C=O) groups excluding carboxylic acids is 1. The van der Waals surface area contributed by atoms with E-state index in [0.717, 1.165) is 6.42 Å². The van der Waals surface area contributed by atoms with E-state index in [4.69, 9.17) is 26.8 Å². The highest BCUT2D eigenvalue weighted by Gasteiger charge is 2.20. The minimum atomic E-state index is -0.130. The second-order valence-corrected chi connectivity index (χ2v) is 6.15. The Morgan fingerprint density at radius 3 is 2.48 bits per heavy atom. The molecule has 0 saturated carbocycles. The Balaban J connectivity index is 0.00000364. The molecule has 0 saturated heterocycles. The van der Waals surface area contributed by atoms with Gasteiger partial charge in [-0.1, -0.05) is 41.9 Å². The molecule has 0 heterocycles. The second-order valence-electron chi connectivity index (χ2n) is 5.74. The van der Waals surface area contributed by atoms with E-state index in [9.17, 15) is 4.79 Å². The van der Waals surface area contributed by atoms with E-state index in [0.29, 0.717) is 48.3 Å². The maximum atomic E-state index is 13.0. The van der Waals surface area contributed by atoms with Crippen LogP contribution in [0, 0.1) is 0 Å². The predicted molar refractivity (Wildman–Crippen MR) is 112 cm³/mol. The molecule has 0 bridgehead atoms. The van der Waals surface area contributed by atoms with Gasteiger partial charge in [-0.05, 0) is 31.0 Å². The summed E-state index contributed by atoms with van der Waals surface area (Å²) in [6.45, 7) is 3.76. The zero-order chi connectivity index (χ0) is 18.9. The van der Waals surface area contributed by atoms with E-state index >= 15 is 0 Å². The number of hydrogen-bond acceptors (Lipinski definition) is 4. The van der Waals surface area contributed by atoms with Crippen molar-refractivity contribution in [3.63, 3.8) is 0 Å². The number of methoxy groups -OCH3 is 1. The summed E-state index contributed by atoms with van der Waals surface area (Å²) in [6, 6.07) is 13.3. The normalized spacial score (nSPS) is 10.1. The van der Waals surface area contributed by atoms with Crippen molar-refractivity contribution < 1.29 is 14.3 Å². The fourth-order valence-corrected chi connectivity index (χ4v) is 2.95. The number of carbonyl (C=O) groups is 1. The van der Waals surface area contributed by atoms with Crippen LogP contribution < -0.4 is 15.2 Å². The van der Waals surface area contributed by atoms with Crippen LogP contribution in [0.25, 0.3) is 0 Å². The van der Waals surface area contributed by atoms with Gasteiger partial charge in [0.15, 0.2) is 11.5 Å². The molecular formula is C20H26Cl2N2O3. The summed E-state index contributed by atoms with van der Waals surface area (Å²) in [5, 5.41) is 0.352. The van der Waals surface area contributed by atoms with Gasteiger partial charge in [-0.3, -0.25) is 4.79 Å². The molecule has 148 valence electrons. The van der Waals surface area contributed by atoms with Crippen molar-refractivity contribution in [3.05, 3.63) is 58.6 Å². The minimum absolute atomic E-state index is 0. The van der Waals surface area contributed by atoms with Crippen LogP contribution in [0.15, 0.2) is 42.5 Å². The van der Waals surface area contributed by atoms with Crippen molar-refractivity contribution in [2.24, 2.45) is 5.73 Å². The molecule has 2 rings (SSSR count). The standard InChI is InChI=1S/C20H25ClN2O3.ClH/c1-3-26-19-17(21)13-16(14-18(19)25-2)20(24)23(12-10-22)11-9-15-7-5-4-6-8-15;/h4-8,13-14H,3,9-12,22H2,1-2H3;1H. The topological polar surface area (TPSA) is 64.8 Å². The summed E-state index contributed by atoms with van der Waals surface area (Å²) in [6.07, 6.45) is 0.758. The molecule has 0 aliphatic rings. The molecule has 5 nitrogen and oxygen atoms in total. The van der Waals surface area contributed by atoms with Gasteiger partial charge in [-0.15, -0.1) is 12.4 Å². The van der Waals surface area contributed by atoms with E-state index in [-0.39, 0.29) is 18.3 Å². The molecular weight excluding hydrogens is 387 g/mol. The van der Waals surface area contributed by atoms with Gasteiger partial charge in [-0.25, -0.2) is 0 Å². The van der Waals surface area contributed by atoms with Crippen molar-refractivity contribution in [2.75, 3.05) is 33.4 Å². The smallest absolute Gasteiger partial charge is 0.254 e. The van der Waals surface area contributed by atoms with Crippen LogP contribution in [-0.4, -0.2) is 44.2 Å². The van der Waals surface area contributed by atoms with Crippen molar-refractivity contribution in [2.45, 2.75) is 13.3 Å². The average Bonchev–Trinajstić information content (AvgIpc) is 2.66. The SMILES string of the molecule is CCOc1c(Cl)cc(C(=O)N(CCN)CCc2ccccc2)cc1OC.Cl. The molecule has 0 spiro atoms. The Hall–Kier alpha value is -1.95. The number of hydrogen-bond donors (Lipinski definition) is 1. The fraction of sp³-hybridized carbons (Fsp3) is 0.350. The number of nitrogens with two attached hydrogens (primary N) is 1. The molecule has 0 aliphatic heterocycles. The molecule has 0 fully saturated rings. The Labute approximate surface area is 171 Å². The summed E-state index contributed by atoms with van der Waals surface area (Å²) >= 11 is 6.29. The summed E-state index contributed by atoms with van der Waals surface area (Å²) < 4.78 is 10.8. The van der Waals surface area contributed by atoms with Gasteiger partial charge in [-0.2, -0.15) is 0 Å². The fourth-order valence-electron chi connectivity index (χ4n) is 2.69. The van der Waals surface area contributed by atoms with Crippen molar-refractivity contribution >= 4 is 29.9 Å². The monoisotopic (exact) mass is 412 g/mol. The van der Waals surface area contributed by atoms with E-state index in [1.54, 1.807) is 17.0 Å². The maximum Gasteiger partial charge on any atom is 0.254 e. The third-order valence-corrected chi connectivity index (χ3v) is 4.25.